The third-order valence-electron chi connectivity index (χ3n) is 8.06. The average Bonchev–Trinajstić information content (AvgIpc) is 3.31. The molecule has 0 radical (unpaired) electrons. The minimum absolute atomic E-state index is 0.0168. The Labute approximate surface area is 202 Å². The molecular weight excluding hydrogens is 426 g/mol. The Morgan fingerprint density at radius 1 is 1.21 bits per heavy atom. The summed E-state index contributed by atoms with van der Waals surface area (Å²) in [6.07, 6.45) is 6.17. The lowest BCUT2D eigenvalue weighted by Crippen LogP contribution is -2.57. The molecule has 0 bridgehead atoms. The summed E-state index contributed by atoms with van der Waals surface area (Å²) in [6.45, 7) is 13.5. The first kappa shape index (κ1) is 23.0. The first-order chi connectivity index (χ1) is 16.1. The normalized spacial score (nSPS) is 22.9. The predicted octanol–water partition coefficient (Wildman–Crippen LogP) is 5.04. The van der Waals surface area contributed by atoms with Crippen LogP contribution < -0.4 is 4.90 Å². The summed E-state index contributed by atoms with van der Waals surface area (Å²) in [5.74, 6) is 0.303. The number of carbonyl (C=O) groups is 1. The summed E-state index contributed by atoms with van der Waals surface area (Å²) in [5, 5.41) is 10.3. The molecule has 1 atom stereocenters. The standard InChI is InChI=1S/C28H35N3O3/c1-18(2)25-15-30(9-10-31(25)26(32)19-6-11-33-16-19)24-12-23(28(5)7-8-28)22-17-34-27(3,4)13-20(22)21(24)14-29/h6,11-12,16,18,25H,7-10,13,15,17H2,1-5H3. The first-order valence-electron chi connectivity index (χ1n) is 12.4. The molecule has 0 spiro atoms. The number of amides is 1. The van der Waals surface area contributed by atoms with E-state index in [9.17, 15) is 10.1 Å². The number of benzene rings is 1. The second kappa shape index (κ2) is 8.16. The zero-order chi connectivity index (χ0) is 24.3. The Morgan fingerprint density at radius 2 is 1.97 bits per heavy atom. The molecule has 5 rings (SSSR count). The van der Waals surface area contributed by atoms with Crippen LogP contribution in [0.25, 0.3) is 0 Å². The van der Waals surface area contributed by atoms with Crippen LogP contribution >= 0.6 is 0 Å². The van der Waals surface area contributed by atoms with Crippen molar-refractivity contribution in [1.82, 2.24) is 4.90 Å². The molecule has 1 aliphatic carbocycles. The van der Waals surface area contributed by atoms with Crippen LogP contribution in [-0.2, 0) is 23.2 Å². The topological polar surface area (TPSA) is 69.7 Å². The van der Waals surface area contributed by atoms with Gasteiger partial charge >= 0.3 is 0 Å². The van der Waals surface area contributed by atoms with E-state index in [2.05, 4.69) is 51.7 Å². The molecule has 1 saturated carbocycles. The molecule has 2 fully saturated rings. The van der Waals surface area contributed by atoms with Gasteiger partial charge in [-0.15, -0.1) is 0 Å². The number of fused-ring (bicyclic) bond motifs is 1. The molecule has 3 aliphatic rings. The van der Waals surface area contributed by atoms with Crippen LogP contribution in [-0.4, -0.2) is 42.1 Å². The van der Waals surface area contributed by atoms with E-state index in [1.165, 1.54) is 30.2 Å². The van der Waals surface area contributed by atoms with Crippen molar-refractivity contribution in [2.75, 3.05) is 24.5 Å². The molecule has 2 aromatic rings. The Balaban J connectivity index is 1.54. The van der Waals surface area contributed by atoms with Crippen LogP contribution in [0.1, 0.15) is 80.1 Å². The van der Waals surface area contributed by atoms with Crippen LogP contribution in [0.4, 0.5) is 5.69 Å². The molecule has 34 heavy (non-hydrogen) atoms. The van der Waals surface area contributed by atoms with Crippen molar-refractivity contribution in [2.45, 2.75) is 77.5 Å². The lowest BCUT2D eigenvalue weighted by molar-refractivity contribution is -0.0406. The number of piperazine rings is 1. The third-order valence-corrected chi connectivity index (χ3v) is 8.06. The third kappa shape index (κ3) is 3.90. The van der Waals surface area contributed by atoms with Gasteiger partial charge in [0.25, 0.3) is 5.91 Å². The molecule has 2 aliphatic heterocycles. The van der Waals surface area contributed by atoms with Crippen LogP contribution in [0.3, 0.4) is 0 Å². The molecule has 1 aromatic carbocycles. The van der Waals surface area contributed by atoms with Gasteiger partial charge in [-0.05, 0) is 66.8 Å². The molecule has 3 heterocycles. The maximum Gasteiger partial charge on any atom is 0.257 e. The van der Waals surface area contributed by atoms with Gasteiger partial charge < -0.3 is 19.0 Å². The number of furan rings is 1. The number of nitrogens with zero attached hydrogens (tertiary/aromatic N) is 3. The van der Waals surface area contributed by atoms with E-state index < -0.39 is 0 Å². The van der Waals surface area contributed by atoms with E-state index in [-0.39, 0.29) is 28.9 Å². The minimum Gasteiger partial charge on any atom is -0.472 e. The molecule has 6 heteroatoms. The highest BCUT2D eigenvalue weighted by atomic mass is 16.5. The van der Waals surface area contributed by atoms with Crippen LogP contribution in [0.15, 0.2) is 29.1 Å². The molecule has 180 valence electrons. The molecule has 0 N–H and O–H groups in total. The first-order valence-corrected chi connectivity index (χ1v) is 12.4. The van der Waals surface area contributed by atoms with E-state index in [4.69, 9.17) is 9.15 Å². The summed E-state index contributed by atoms with van der Waals surface area (Å²) in [7, 11) is 0. The summed E-state index contributed by atoms with van der Waals surface area (Å²) in [4.78, 5) is 17.5. The van der Waals surface area contributed by atoms with E-state index in [0.717, 1.165) is 23.2 Å². The molecule has 1 aromatic heterocycles. The van der Waals surface area contributed by atoms with Crippen molar-refractivity contribution in [3.8, 4) is 6.07 Å². The Kier molecular flexibility index (Phi) is 5.52. The van der Waals surface area contributed by atoms with Gasteiger partial charge in [0.2, 0.25) is 0 Å². The molecule has 1 amide bonds. The van der Waals surface area contributed by atoms with Gasteiger partial charge in [0, 0.05) is 26.1 Å². The molecule has 6 nitrogen and oxygen atoms in total. The van der Waals surface area contributed by atoms with E-state index in [1.807, 2.05) is 4.90 Å². The van der Waals surface area contributed by atoms with Crippen molar-refractivity contribution >= 4 is 11.6 Å². The second-order valence-electron chi connectivity index (χ2n) is 11.4. The minimum atomic E-state index is -0.283. The predicted molar refractivity (Wildman–Crippen MR) is 131 cm³/mol. The highest BCUT2D eigenvalue weighted by Gasteiger charge is 2.44. The Bertz CT molecular complexity index is 1140. The summed E-state index contributed by atoms with van der Waals surface area (Å²) < 4.78 is 11.3. The van der Waals surface area contributed by atoms with Gasteiger partial charge in [-0.3, -0.25) is 4.79 Å². The van der Waals surface area contributed by atoms with Gasteiger partial charge in [-0.2, -0.15) is 5.26 Å². The molecule has 1 saturated heterocycles. The van der Waals surface area contributed by atoms with E-state index in [0.29, 0.717) is 31.8 Å². The fourth-order valence-corrected chi connectivity index (χ4v) is 5.64. The van der Waals surface area contributed by atoms with Gasteiger partial charge in [0.15, 0.2) is 0 Å². The quantitative estimate of drug-likeness (QED) is 0.638. The van der Waals surface area contributed by atoms with Gasteiger partial charge in [0.1, 0.15) is 12.3 Å². The number of hydrogen-bond donors (Lipinski definition) is 0. The van der Waals surface area contributed by atoms with E-state index >= 15 is 0 Å². The Morgan fingerprint density at radius 3 is 2.59 bits per heavy atom. The second-order valence-corrected chi connectivity index (χ2v) is 11.4. The number of rotatable bonds is 4. The number of hydrogen-bond acceptors (Lipinski definition) is 5. The summed E-state index contributed by atoms with van der Waals surface area (Å²) in [5.41, 5.74) is 6.05. The number of carbonyl (C=O) groups excluding carboxylic acids is 1. The maximum atomic E-state index is 13.2. The van der Waals surface area contributed by atoms with Gasteiger partial charge in [-0.1, -0.05) is 20.8 Å². The van der Waals surface area contributed by atoms with Crippen molar-refractivity contribution in [3.63, 3.8) is 0 Å². The van der Waals surface area contributed by atoms with Crippen LogP contribution in [0.5, 0.6) is 0 Å². The zero-order valence-corrected chi connectivity index (χ0v) is 21.0. The largest absolute Gasteiger partial charge is 0.472 e. The summed E-state index contributed by atoms with van der Waals surface area (Å²) in [6, 6.07) is 6.63. The SMILES string of the molecule is CC(C)C1CN(c2cc(C3(C)CC3)c3c(c2C#N)CC(C)(C)OC3)CCN1C(=O)c1ccoc1. The zero-order valence-electron chi connectivity index (χ0n) is 21.0. The number of nitriles is 1. The van der Waals surface area contributed by atoms with Crippen molar-refractivity contribution in [1.29, 1.82) is 5.26 Å². The molecule has 1 unspecified atom stereocenters. The highest BCUT2D eigenvalue weighted by Crippen LogP contribution is 2.52. The van der Waals surface area contributed by atoms with Crippen molar-refractivity contribution in [3.05, 3.63) is 52.5 Å². The summed E-state index contributed by atoms with van der Waals surface area (Å²) >= 11 is 0. The lowest BCUT2D eigenvalue weighted by atomic mass is 9.81. The lowest BCUT2D eigenvalue weighted by Gasteiger charge is -2.45. The molecular formula is C28H35N3O3. The number of anilines is 1. The van der Waals surface area contributed by atoms with Crippen LogP contribution in [0.2, 0.25) is 0 Å². The Hall–Kier alpha value is -2.78. The smallest absolute Gasteiger partial charge is 0.257 e. The van der Waals surface area contributed by atoms with Gasteiger partial charge in [0.05, 0.1) is 41.3 Å². The fraction of sp³-hybridized carbons (Fsp3) is 0.571. The fourth-order valence-electron chi connectivity index (χ4n) is 5.64. The van der Waals surface area contributed by atoms with E-state index in [1.54, 1.807) is 12.3 Å². The monoisotopic (exact) mass is 461 g/mol. The van der Waals surface area contributed by atoms with Crippen molar-refractivity contribution < 1.29 is 13.9 Å². The number of ether oxygens (including phenoxy) is 1. The van der Waals surface area contributed by atoms with Crippen LogP contribution in [0, 0.1) is 17.2 Å². The van der Waals surface area contributed by atoms with Crippen molar-refractivity contribution in [2.24, 2.45) is 5.92 Å². The maximum absolute atomic E-state index is 13.2. The average molecular weight is 462 g/mol. The highest BCUT2D eigenvalue weighted by molar-refractivity contribution is 5.94. The van der Waals surface area contributed by atoms with Gasteiger partial charge in [-0.25, -0.2) is 0 Å².